The summed E-state index contributed by atoms with van der Waals surface area (Å²) in [5.74, 6) is 1.51. The molecule has 196 valence electrons. The number of para-hydroxylation sites is 2. The van der Waals surface area contributed by atoms with Gasteiger partial charge in [-0.15, -0.1) is 0 Å². The third kappa shape index (κ3) is 4.40. The molecule has 0 aromatic heterocycles. The number of fused-ring (bicyclic) bond motifs is 3. The van der Waals surface area contributed by atoms with Gasteiger partial charge in [0.2, 0.25) is 6.23 Å². The van der Waals surface area contributed by atoms with Crippen LogP contribution in [0.15, 0.2) is 96.1 Å². The highest BCUT2D eigenvalue weighted by molar-refractivity contribution is 6.02. The molecule has 0 saturated heterocycles. The molecule has 2 aliphatic rings. The molecule has 0 amide bonds. The number of aromatic carboxylic acids is 1. The summed E-state index contributed by atoms with van der Waals surface area (Å²) in [6, 6.07) is 28.4. The standard InChI is InChI=1S/C31H26N2O6/c1-36-27-17-16-23(28(31(34)35)29(27)37-2)30-33-25(22-10-6-7-11-26(22)39-30)18-24(32-33)19-12-14-21(15-13-19)38-20-8-4-3-5-9-20/h3-17,25,30H,18H2,1-2H3,(H,34,35)/t25-,30+/m0/s1. The van der Waals surface area contributed by atoms with Gasteiger partial charge in [0, 0.05) is 17.5 Å². The summed E-state index contributed by atoms with van der Waals surface area (Å²) >= 11 is 0. The van der Waals surface area contributed by atoms with Crippen LogP contribution in [0.4, 0.5) is 0 Å². The highest BCUT2D eigenvalue weighted by Crippen LogP contribution is 2.49. The van der Waals surface area contributed by atoms with Crippen LogP contribution in [0.3, 0.4) is 0 Å². The van der Waals surface area contributed by atoms with E-state index in [1.807, 2.05) is 83.9 Å². The van der Waals surface area contributed by atoms with Crippen molar-refractivity contribution in [1.82, 2.24) is 5.01 Å². The van der Waals surface area contributed by atoms with Crippen molar-refractivity contribution in [2.45, 2.75) is 18.7 Å². The van der Waals surface area contributed by atoms with E-state index in [1.54, 1.807) is 12.1 Å². The molecule has 0 saturated carbocycles. The summed E-state index contributed by atoms with van der Waals surface area (Å²) in [6.45, 7) is 0. The van der Waals surface area contributed by atoms with E-state index in [0.29, 0.717) is 23.5 Å². The fraction of sp³-hybridized carbons (Fsp3) is 0.161. The van der Waals surface area contributed by atoms with Crippen LogP contribution < -0.4 is 18.9 Å². The number of ether oxygens (including phenoxy) is 4. The maximum atomic E-state index is 12.4. The van der Waals surface area contributed by atoms with Gasteiger partial charge in [-0.25, -0.2) is 9.80 Å². The van der Waals surface area contributed by atoms with E-state index in [4.69, 9.17) is 24.0 Å². The molecule has 1 N–H and O–H groups in total. The van der Waals surface area contributed by atoms with Gasteiger partial charge < -0.3 is 24.1 Å². The second-order valence-corrected chi connectivity index (χ2v) is 9.16. The van der Waals surface area contributed by atoms with E-state index >= 15 is 0 Å². The van der Waals surface area contributed by atoms with Crippen molar-refractivity contribution in [2.24, 2.45) is 5.10 Å². The zero-order valence-electron chi connectivity index (χ0n) is 21.4. The first-order chi connectivity index (χ1) is 19.1. The van der Waals surface area contributed by atoms with Crippen LogP contribution in [-0.4, -0.2) is 36.0 Å². The topological polar surface area (TPSA) is 89.8 Å². The van der Waals surface area contributed by atoms with E-state index in [9.17, 15) is 9.90 Å². The number of carboxylic acid groups (broad SMARTS) is 1. The molecule has 4 aromatic carbocycles. The van der Waals surface area contributed by atoms with Crippen molar-refractivity contribution in [3.8, 4) is 28.7 Å². The molecule has 0 bridgehead atoms. The molecule has 2 aliphatic heterocycles. The van der Waals surface area contributed by atoms with Gasteiger partial charge in [-0.3, -0.25) is 0 Å². The first kappa shape index (κ1) is 24.4. The maximum Gasteiger partial charge on any atom is 0.340 e. The van der Waals surface area contributed by atoms with Crippen molar-refractivity contribution in [3.63, 3.8) is 0 Å². The second-order valence-electron chi connectivity index (χ2n) is 9.16. The highest BCUT2D eigenvalue weighted by atomic mass is 16.5. The predicted octanol–water partition coefficient (Wildman–Crippen LogP) is 6.44. The molecule has 0 radical (unpaired) electrons. The van der Waals surface area contributed by atoms with Crippen molar-refractivity contribution in [1.29, 1.82) is 0 Å². The quantitative estimate of drug-likeness (QED) is 0.299. The van der Waals surface area contributed by atoms with Gasteiger partial charge >= 0.3 is 5.97 Å². The molecule has 0 fully saturated rings. The molecule has 8 nitrogen and oxygen atoms in total. The molecule has 4 aromatic rings. The van der Waals surface area contributed by atoms with Gasteiger partial charge in [-0.05, 0) is 60.2 Å². The Hall–Kier alpha value is -4.98. The first-order valence-electron chi connectivity index (χ1n) is 12.5. The Labute approximate surface area is 225 Å². The minimum atomic E-state index is -1.14. The van der Waals surface area contributed by atoms with Crippen molar-refractivity contribution < 1.29 is 28.8 Å². The summed E-state index contributed by atoms with van der Waals surface area (Å²) in [5, 5.41) is 17.0. The van der Waals surface area contributed by atoms with Gasteiger partial charge in [0.1, 0.15) is 22.8 Å². The summed E-state index contributed by atoms with van der Waals surface area (Å²) < 4.78 is 23.2. The third-order valence-electron chi connectivity index (χ3n) is 6.92. The summed E-state index contributed by atoms with van der Waals surface area (Å²) in [5.41, 5.74) is 3.22. The van der Waals surface area contributed by atoms with Crippen molar-refractivity contribution >= 4 is 11.7 Å². The van der Waals surface area contributed by atoms with Crippen LogP contribution in [0.1, 0.15) is 45.7 Å². The van der Waals surface area contributed by atoms with Crippen LogP contribution in [0.25, 0.3) is 0 Å². The van der Waals surface area contributed by atoms with Crippen molar-refractivity contribution in [2.75, 3.05) is 14.2 Å². The number of benzene rings is 4. The van der Waals surface area contributed by atoms with E-state index < -0.39 is 12.2 Å². The normalized spacial score (nSPS) is 17.4. The van der Waals surface area contributed by atoms with E-state index in [-0.39, 0.29) is 17.4 Å². The lowest BCUT2D eigenvalue weighted by atomic mass is 9.95. The largest absolute Gasteiger partial charge is 0.493 e. The summed E-state index contributed by atoms with van der Waals surface area (Å²) in [4.78, 5) is 12.4. The number of carboxylic acids is 1. The SMILES string of the molecule is COc1ccc([C@H]2Oc3ccccc3[C@@H]3CC(c4ccc(Oc5ccccc5)cc4)=NN23)c(C(=O)O)c1OC. The minimum absolute atomic E-state index is 0.0222. The van der Waals surface area contributed by atoms with Gasteiger partial charge in [0.25, 0.3) is 0 Å². The molecular formula is C31H26N2O6. The van der Waals surface area contributed by atoms with E-state index in [1.165, 1.54) is 14.2 Å². The monoisotopic (exact) mass is 522 g/mol. The molecule has 0 spiro atoms. The fourth-order valence-electron chi connectivity index (χ4n) is 5.12. The molecule has 2 atom stereocenters. The first-order valence-corrected chi connectivity index (χ1v) is 12.5. The fourth-order valence-corrected chi connectivity index (χ4v) is 5.12. The Morgan fingerprint density at radius 3 is 2.31 bits per heavy atom. The number of nitrogens with zero attached hydrogens (tertiary/aromatic N) is 2. The Bertz CT molecular complexity index is 1550. The van der Waals surface area contributed by atoms with E-state index in [0.717, 1.165) is 28.3 Å². The maximum absolute atomic E-state index is 12.4. The molecule has 0 aliphatic carbocycles. The molecule has 8 heteroatoms. The summed E-state index contributed by atoms with van der Waals surface area (Å²) in [6.07, 6.45) is -0.153. The van der Waals surface area contributed by atoms with Crippen LogP contribution >= 0.6 is 0 Å². The van der Waals surface area contributed by atoms with Crippen LogP contribution in [0.2, 0.25) is 0 Å². The molecular weight excluding hydrogens is 496 g/mol. The Balaban J connectivity index is 1.38. The van der Waals surface area contributed by atoms with Crippen LogP contribution in [-0.2, 0) is 0 Å². The molecule has 2 heterocycles. The predicted molar refractivity (Wildman–Crippen MR) is 145 cm³/mol. The van der Waals surface area contributed by atoms with Gasteiger partial charge in [0.05, 0.1) is 26.0 Å². The van der Waals surface area contributed by atoms with E-state index in [2.05, 4.69) is 0 Å². The molecule has 0 unspecified atom stereocenters. The number of rotatable bonds is 7. The Morgan fingerprint density at radius 2 is 1.59 bits per heavy atom. The molecule has 6 rings (SSSR count). The smallest absolute Gasteiger partial charge is 0.340 e. The van der Waals surface area contributed by atoms with Crippen LogP contribution in [0, 0.1) is 0 Å². The van der Waals surface area contributed by atoms with Gasteiger partial charge in [-0.1, -0.05) is 36.4 Å². The number of hydrogen-bond acceptors (Lipinski definition) is 7. The average molecular weight is 523 g/mol. The lowest BCUT2D eigenvalue weighted by Gasteiger charge is -2.38. The zero-order chi connectivity index (χ0) is 26.9. The number of hydrogen-bond donors (Lipinski definition) is 1. The van der Waals surface area contributed by atoms with Crippen LogP contribution in [0.5, 0.6) is 28.7 Å². The third-order valence-corrected chi connectivity index (χ3v) is 6.92. The zero-order valence-corrected chi connectivity index (χ0v) is 21.4. The number of carbonyl (C=O) groups is 1. The minimum Gasteiger partial charge on any atom is -0.493 e. The number of hydrazone groups is 1. The van der Waals surface area contributed by atoms with Crippen molar-refractivity contribution in [3.05, 3.63) is 113 Å². The average Bonchev–Trinajstić information content (AvgIpc) is 3.43. The number of methoxy groups -OCH3 is 2. The highest BCUT2D eigenvalue weighted by Gasteiger charge is 2.43. The lowest BCUT2D eigenvalue weighted by molar-refractivity contribution is -0.0199. The lowest BCUT2D eigenvalue weighted by Crippen LogP contribution is -2.34. The Kier molecular flexibility index (Phi) is 6.28. The van der Waals surface area contributed by atoms with Gasteiger partial charge in [0.15, 0.2) is 11.5 Å². The molecule has 39 heavy (non-hydrogen) atoms. The second kappa shape index (κ2) is 10.1. The Morgan fingerprint density at radius 1 is 0.872 bits per heavy atom. The van der Waals surface area contributed by atoms with Gasteiger partial charge in [-0.2, -0.15) is 5.10 Å². The summed E-state index contributed by atoms with van der Waals surface area (Å²) in [7, 11) is 2.89.